The smallest absolute Gasteiger partial charge is 0.0713 e. The largest absolute Gasteiger partial charge is 0.309 e. The Morgan fingerprint density at radius 2 is 0.548 bits per heavy atom. The first-order chi connectivity index (χ1) is 46.1. The minimum Gasteiger partial charge on any atom is -0.309 e. The zero-order chi connectivity index (χ0) is 61.4. The Morgan fingerprint density at radius 3 is 1.13 bits per heavy atom. The average Bonchev–Trinajstić information content (AvgIpc) is 1.57. The summed E-state index contributed by atoms with van der Waals surface area (Å²) in [5.41, 5.74) is 30.9. The van der Waals surface area contributed by atoms with Crippen molar-refractivity contribution in [3.8, 4) is 100 Å². The van der Waals surface area contributed by atoms with Crippen LogP contribution in [0.25, 0.3) is 144 Å². The zero-order valence-corrected chi connectivity index (χ0v) is 51.0. The number of hydrogen-bond donors (Lipinski definition) is 0. The summed E-state index contributed by atoms with van der Waals surface area (Å²) in [7, 11) is 0. The van der Waals surface area contributed by atoms with Crippen LogP contribution in [0.4, 0.5) is 0 Å². The number of aromatic nitrogens is 2. The fraction of sp³-hybridized carbons (Fsp3) is 0.0110. The van der Waals surface area contributed by atoms with Crippen molar-refractivity contribution in [3.63, 3.8) is 0 Å². The van der Waals surface area contributed by atoms with Crippen molar-refractivity contribution in [3.05, 3.63) is 386 Å². The molecule has 434 valence electrons. The molecule has 17 aromatic rings. The van der Waals surface area contributed by atoms with E-state index >= 15 is 0 Å². The molecule has 2 heteroatoms. The maximum Gasteiger partial charge on any atom is 0.0713 e. The standard InChI is InChI=1S/C91H60N2/c1-3-20-61(21-4-1)68-24-17-25-69(56-68)66-48-52-74(53-49-66)91(84-35-12-7-31-78(84)79-32-8-13-36-85(79)91)75-28-18-26-70(57-75)64-44-40-62(41-45-64)63-42-46-65(47-43-63)71-27-19-29-76(58-71)92-87-38-15-10-33-80(87)82-59-72(50-54-89(82)92)73-51-55-90-83(60-73)81-34-11-16-39-88(81)93(90)86-37-14-9-30-77(86)67-22-5-2-6-23-67/h1-60H. The first-order valence-electron chi connectivity index (χ1n) is 32.2. The number of hydrogen-bond acceptors (Lipinski definition) is 0. The van der Waals surface area contributed by atoms with E-state index in [0.29, 0.717) is 0 Å². The topological polar surface area (TPSA) is 9.86 Å². The first kappa shape index (κ1) is 53.9. The number of para-hydroxylation sites is 3. The van der Waals surface area contributed by atoms with E-state index in [9.17, 15) is 0 Å². The van der Waals surface area contributed by atoms with Gasteiger partial charge in [-0.1, -0.05) is 297 Å². The molecule has 93 heavy (non-hydrogen) atoms. The van der Waals surface area contributed by atoms with Gasteiger partial charge in [-0.15, -0.1) is 0 Å². The van der Waals surface area contributed by atoms with Gasteiger partial charge in [0.1, 0.15) is 0 Å². The molecular formula is C91H60N2. The number of rotatable bonds is 11. The lowest BCUT2D eigenvalue weighted by Crippen LogP contribution is -2.28. The molecule has 2 aromatic heterocycles. The van der Waals surface area contributed by atoms with E-state index in [1.165, 1.54) is 161 Å². The van der Waals surface area contributed by atoms with Gasteiger partial charge in [0.15, 0.2) is 0 Å². The van der Waals surface area contributed by atoms with Crippen LogP contribution in [-0.4, -0.2) is 9.13 Å². The summed E-state index contributed by atoms with van der Waals surface area (Å²) < 4.78 is 4.87. The molecule has 0 unspecified atom stereocenters. The van der Waals surface area contributed by atoms with Gasteiger partial charge < -0.3 is 9.13 Å². The third-order valence-corrected chi connectivity index (χ3v) is 19.7. The Labute approximate surface area is 541 Å². The summed E-state index contributed by atoms with van der Waals surface area (Å²) in [6.07, 6.45) is 0. The summed E-state index contributed by atoms with van der Waals surface area (Å²) in [6, 6.07) is 135. The summed E-state index contributed by atoms with van der Waals surface area (Å²) in [6.45, 7) is 0. The van der Waals surface area contributed by atoms with Crippen LogP contribution < -0.4 is 0 Å². The maximum atomic E-state index is 2.44. The maximum absolute atomic E-state index is 2.44. The van der Waals surface area contributed by atoms with Crippen molar-refractivity contribution in [1.82, 2.24) is 9.13 Å². The predicted molar refractivity (Wildman–Crippen MR) is 390 cm³/mol. The van der Waals surface area contributed by atoms with Crippen LogP contribution in [0.1, 0.15) is 22.3 Å². The summed E-state index contributed by atoms with van der Waals surface area (Å²) in [5, 5.41) is 4.94. The summed E-state index contributed by atoms with van der Waals surface area (Å²) in [5.74, 6) is 0. The van der Waals surface area contributed by atoms with Gasteiger partial charge in [0.25, 0.3) is 0 Å². The van der Waals surface area contributed by atoms with Gasteiger partial charge >= 0.3 is 0 Å². The van der Waals surface area contributed by atoms with E-state index in [-0.39, 0.29) is 0 Å². The Balaban J connectivity index is 0.639. The summed E-state index contributed by atoms with van der Waals surface area (Å²) in [4.78, 5) is 0. The second-order valence-electron chi connectivity index (χ2n) is 24.7. The monoisotopic (exact) mass is 1180 g/mol. The molecule has 0 saturated carbocycles. The Kier molecular flexibility index (Phi) is 12.8. The SMILES string of the molecule is c1ccc(-c2cccc(-c3ccc(C4(c5cccc(-c6ccc(-c7ccc(-c8cccc(-n9c%10ccccc%10c%10cc(-c%11ccc%12c(c%11)c%11ccccc%11n%12-c%11ccccc%11-c%11ccccc%11)ccc%109)c8)cc7)cc6)c5)c5ccccc5-c5ccccc54)cc3)c2)cc1. The summed E-state index contributed by atoms with van der Waals surface area (Å²) >= 11 is 0. The Hall–Kier alpha value is -12.1. The molecule has 0 saturated heterocycles. The highest BCUT2D eigenvalue weighted by Gasteiger charge is 2.46. The van der Waals surface area contributed by atoms with Crippen molar-refractivity contribution < 1.29 is 0 Å². The quantitative estimate of drug-likeness (QED) is 0.122. The fourth-order valence-electron chi connectivity index (χ4n) is 15.3. The average molecular weight is 1180 g/mol. The van der Waals surface area contributed by atoms with Crippen LogP contribution in [0.3, 0.4) is 0 Å². The van der Waals surface area contributed by atoms with Gasteiger partial charge in [-0.05, 0) is 172 Å². The van der Waals surface area contributed by atoms with E-state index in [2.05, 4.69) is 373 Å². The molecule has 2 heterocycles. The van der Waals surface area contributed by atoms with Crippen LogP contribution in [0, 0.1) is 0 Å². The molecule has 1 aliphatic carbocycles. The van der Waals surface area contributed by atoms with Gasteiger partial charge in [0.2, 0.25) is 0 Å². The molecule has 0 atom stereocenters. The number of fused-ring (bicyclic) bond motifs is 9. The lowest BCUT2D eigenvalue weighted by atomic mass is 9.67. The highest BCUT2D eigenvalue weighted by atomic mass is 15.0. The van der Waals surface area contributed by atoms with Gasteiger partial charge in [-0.25, -0.2) is 0 Å². The normalized spacial score (nSPS) is 12.4. The van der Waals surface area contributed by atoms with Gasteiger partial charge in [-0.3, -0.25) is 0 Å². The van der Waals surface area contributed by atoms with E-state index in [1.807, 2.05) is 0 Å². The van der Waals surface area contributed by atoms with Gasteiger partial charge in [0, 0.05) is 32.8 Å². The van der Waals surface area contributed by atoms with Crippen molar-refractivity contribution in [2.45, 2.75) is 5.41 Å². The van der Waals surface area contributed by atoms with Crippen LogP contribution in [0.5, 0.6) is 0 Å². The lowest BCUT2D eigenvalue weighted by molar-refractivity contribution is 0.769. The second-order valence-corrected chi connectivity index (χ2v) is 24.7. The zero-order valence-electron chi connectivity index (χ0n) is 51.0. The Morgan fingerprint density at radius 1 is 0.183 bits per heavy atom. The van der Waals surface area contributed by atoms with Crippen molar-refractivity contribution in [1.29, 1.82) is 0 Å². The van der Waals surface area contributed by atoms with Gasteiger partial charge in [0.05, 0.1) is 33.2 Å². The van der Waals surface area contributed by atoms with E-state index in [0.717, 1.165) is 5.69 Å². The predicted octanol–water partition coefficient (Wildman–Crippen LogP) is 23.9. The number of benzene rings is 15. The molecule has 0 radical (unpaired) electrons. The van der Waals surface area contributed by atoms with Gasteiger partial charge in [-0.2, -0.15) is 0 Å². The molecule has 0 fully saturated rings. The molecular weight excluding hydrogens is 1120 g/mol. The van der Waals surface area contributed by atoms with Crippen LogP contribution >= 0.6 is 0 Å². The van der Waals surface area contributed by atoms with Crippen LogP contribution in [0.2, 0.25) is 0 Å². The highest BCUT2D eigenvalue weighted by molar-refractivity contribution is 6.13. The highest BCUT2D eigenvalue weighted by Crippen LogP contribution is 2.57. The molecule has 0 aliphatic heterocycles. The minimum atomic E-state index is -0.525. The van der Waals surface area contributed by atoms with Crippen LogP contribution in [0.15, 0.2) is 364 Å². The molecule has 15 aromatic carbocycles. The third-order valence-electron chi connectivity index (χ3n) is 19.7. The molecule has 2 nitrogen and oxygen atoms in total. The van der Waals surface area contributed by atoms with Crippen molar-refractivity contribution in [2.75, 3.05) is 0 Å². The molecule has 1 aliphatic rings. The molecule has 0 bridgehead atoms. The molecule has 18 rings (SSSR count). The van der Waals surface area contributed by atoms with E-state index < -0.39 is 5.41 Å². The first-order valence-corrected chi connectivity index (χ1v) is 32.2. The Bertz CT molecular complexity index is 5670. The van der Waals surface area contributed by atoms with Crippen LogP contribution in [-0.2, 0) is 5.41 Å². The third kappa shape index (κ3) is 8.94. The fourth-order valence-corrected chi connectivity index (χ4v) is 15.3. The number of nitrogens with zero attached hydrogens (tertiary/aromatic N) is 2. The second kappa shape index (κ2) is 22.1. The lowest BCUT2D eigenvalue weighted by Gasteiger charge is -2.34. The molecule has 0 amide bonds. The molecule has 0 spiro atoms. The van der Waals surface area contributed by atoms with E-state index in [4.69, 9.17) is 0 Å². The van der Waals surface area contributed by atoms with Crippen molar-refractivity contribution >= 4 is 43.6 Å². The van der Waals surface area contributed by atoms with E-state index in [1.54, 1.807) is 0 Å². The minimum absolute atomic E-state index is 0.525. The van der Waals surface area contributed by atoms with Crippen molar-refractivity contribution in [2.24, 2.45) is 0 Å². The molecule has 0 N–H and O–H groups in total.